The van der Waals surface area contributed by atoms with Crippen LogP contribution in [-0.2, 0) is 0 Å². The third-order valence-electron chi connectivity index (χ3n) is 3.59. The molecule has 3 aromatic rings. The normalized spacial score (nSPS) is 11.3. The van der Waals surface area contributed by atoms with Crippen LogP contribution in [0.25, 0.3) is 0 Å². The molecule has 0 fully saturated rings. The molecule has 3 radical (unpaired) electrons. The Morgan fingerprint density at radius 3 is 1.52 bits per heavy atom. The Hall–Kier alpha value is -1.50. The number of hydrogen-bond donors (Lipinski definition) is 1. The standard InChI is InChI=1S/C18H14BPS/c19-20(15-9-3-1-4-10-15,16-11-5-2-6-12-16)17-13-7-8-14-18(17)21/h1-14H/q-1/p+1. The summed E-state index contributed by atoms with van der Waals surface area (Å²) in [6.07, 6.45) is 0. The molecule has 101 valence electrons. The SMILES string of the molecule is [B-][P+](c1ccccc1)(c1ccccc1)c1ccccc1S. The number of rotatable bonds is 3. The van der Waals surface area contributed by atoms with E-state index in [1.807, 2.05) is 54.6 Å². The first-order valence-corrected chi connectivity index (χ1v) is 9.11. The van der Waals surface area contributed by atoms with Gasteiger partial charge in [-0.1, -0.05) is 48.5 Å². The fourth-order valence-corrected chi connectivity index (χ4v) is 6.05. The van der Waals surface area contributed by atoms with Crippen molar-refractivity contribution < 1.29 is 0 Å². The van der Waals surface area contributed by atoms with E-state index in [4.69, 9.17) is 7.57 Å². The molecule has 0 nitrogen and oxygen atoms in total. The summed E-state index contributed by atoms with van der Waals surface area (Å²) in [6, 6.07) is 28.8. The molecule has 0 heterocycles. The van der Waals surface area contributed by atoms with Crippen molar-refractivity contribution in [1.29, 1.82) is 0 Å². The second-order valence-corrected chi connectivity index (χ2v) is 8.32. The van der Waals surface area contributed by atoms with Crippen molar-refractivity contribution >= 4 is 43.2 Å². The Labute approximate surface area is 133 Å². The van der Waals surface area contributed by atoms with E-state index in [0.717, 1.165) is 20.8 Å². The second-order valence-electron chi connectivity index (χ2n) is 4.88. The second kappa shape index (κ2) is 6.09. The van der Waals surface area contributed by atoms with Gasteiger partial charge in [-0.15, -0.1) is 19.8 Å². The quantitative estimate of drug-likeness (QED) is 0.428. The number of thiol groups is 1. The van der Waals surface area contributed by atoms with Crippen LogP contribution in [-0.4, -0.2) is 7.57 Å². The first kappa shape index (κ1) is 14.4. The fraction of sp³-hybridized carbons (Fsp3) is 0. The van der Waals surface area contributed by atoms with Gasteiger partial charge in [0.1, 0.15) is 0 Å². The zero-order chi connectivity index (χ0) is 14.7. The predicted octanol–water partition coefficient (Wildman–Crippen LogP) is 3.35. The summed E-state index contributed by atoms with van der Waals surface area (Å²) >= 11 is 4.64. The molecule has 0 N–H and O–H groups in total. The largest absolute Gasteiger partial charge is 0.284 e. The van der Waals surface area contributed by atoms with Gasteiger partial charge in [0.15, 0.2) is 0 Å². The molecule has 0 amide bonds. The average molecular weight is 305 g/mol. The van der Waals surface area contributed by atoms with E-state index >= 15 is 0 Å². The minimum absolute atomic E-state index is 0.945. The summed E-state index contributed by atoms with van der Waals surface area (Å²) in [6.45, 7) is 0. The molecule has 0 aromatic heterocycles. The average Bonchev–Trinajstić information content (AvgIpc) is 2.56. The zero-order valence-corrected chi connectivity index (χ0v) is 13.3. The van der Waals surface area contributed by atoms with Crippen molar-refractivity contribution in [3.8, 4) is 0 Å². The molecule has 0 saturated carbocycles. The van der Waals surface area contributed by atoms with E-state index in [9.17, 15) is 0 Å². The molecule has 0 aliphatic heterocycles. The molecular weight excluding hydrogens is 290 g/mol. The molecule has 0 spiro atoms. The minimum atomic E-state index is -2.14. The highest BCUT2D eigenvalue weighted by Gasteiger charge is 2.28. The lowest BCUT2D eigenvalue weighted by atomic mass is 10.3. The van der Waals surface area contributed by atoms with Crippen LogP contribution < -0.4 is 15.9 Å². The van der Waals surface area contributed by atoms with Crippen molar-refractivity contribution in [2.24, 2.45) is 0 Å². The highest BCUT2D eigenvalue weighted by molar-refractivity contribution is 8.13. The van der Waals surface area contributed by atoms with E-state index in [1.165, 1.54) is 0 Å². The minimum Gasteiger partial charge on any atom is -0.284 e. The van der Waals surface area contributed by atoms with Gasteiger partial charge in [0.05, 0.1) is 15.9 Å². The van der Waals surface area contributed by atoms with Crippen LogP contribution in [0.2, 0.25) is 0 Å². The number of hydrogen-bond acceptors (Lipinski definition) is 1. The summed E-state index contributed by atoms with van der Waals surface area (Å²) in [7, 11) is 4.88. The molecule has 3 heteroatoms. The molecule has 0 aliphatic carbocycles. The van der Waals surface area contributed by atoms with Crippen LogP contribution in [0, 0.1) is 0 Å². The van der Waals surface area contributed by atoms with Gasteiger partial charge in [-0.2, -0.15) is 0 Å². The van der Waals surface area contributed by atoms with E-state index in [0.29, 0.717) is 0 Å². The topological polar surface area (TPSA) is 0 Å². The lowest BCUT2D eigenvalue weighted by Gasteiger charge is -2.37. The van der Waals surface area contributed by atoms with E-state index in [-0.39, 0.29) is 0 Å². The van der Waals surface area contributed by atoms with Crippen LogP contribution in [0.15, 0.2) is 89.8 Å². The fourth-order valence-electron chi connectivity index (χ4n) is 2.52. The lowest BCUT2D eigenvalue weighted by molar-refractivity contribution is 1.54. The van der Waals surface area contributed by atoms with E-state index in [2.05, 4.69) is 43.0 Å². The molecule has 21 heavy (non-hydrogen) atoms. The molecule has 0 unspecified atom stereocenters. The summed E-state index contributed by atoms with van der Waals surface area (Å²) < 4.78 is 0. The third-order valence-corrected chi connectivity index (χ3v) is 7.53. The van der Waals surface area contributed by atoms with Gasteiger partial charge in [0, 0.05) is 4.90 Å². The first-order valence-electron chi connectivity index (χ1n) is 6.80. The molecule has 3 aromatic carbocycles. The summed E-state index contributed by atoms with van der Waals surface area (Å²) in [5, 5.41) is 3.45. The monoisotopic (exact) mass is 305 g/mol. The maximum Gasteiger partial charge on any atom is 0.0648 e. The van der Waals surface area contributed by atoms with Crippen LogP contribution in [0.5, 0.6) is 0 Å². The summed E-state index contributed by atoms with van der Waals surface area (Å²) in [4.78, 5) is 0.945. The predicted molar refractivity (Wildman–Crippen MR) is 98.2 cm³/mol. The van der Waals surface area contributed by atoms with Crippen LogP contribution in [0.4, 0.5) is 0 Å². The molecule has 0 saturated heterocycles. The van der Waals surface area contributed by atoms with Gasteiger partial charge in [0.2, 0.25) is 0 Å². The molecular formula is C18H15BPS. The number of benzene rings is 3. The van der Waals surface area contributed by atoms with Crippen LogP contribution in [0.1, 0.15) is 0 Å². The Morgan fingerprint density at radius 2 is 1.05 bits per heavy atom. The van der Waals surface area contributed by atoms with Gasteiger partial charge < -0.3 is 0 Å². The molecule has 0 atom stereocenters. The lowest BCUT2D eigenvalue weighted by Crippen LogP contribution is -2.31. The zero-order valence-electron chi connectivity index (χ0n) is 11.6. The third kappa shape index (κ3) is 2.66. The smallest absolute Gasteiger partial charge is 0.0648 e. The van der Waals surface area contributed by atoms with Crippen molar-refractivity contribution in [2.45, 2.75) is 4.90 Å². The molecule has 0 bridgehead atoms. The maximum absolute atomic E-state index is 7.02. The van der Waals surface area contributed by atoms with Gasteiger partial charge in [-0.25, -0.2) is 0 Å². The van der Waals surface area contributed by atoms with Crippen LogP contribution in [0.3, 0.4) is 0 Å². The maximum atomic E-state index is 7.02. The Kier molecular flexibility index (Phi) is 4.19. The van der Waals surface area contributed by atoms with Crippen molar-refractivity contribution in [3.05, 3.63) is 84.9 Å². The van der Waals surface area contributed by atoms with Gasteiger partial charge in [0.25, 0.3) is 0 Å². The van der Waals surface area contributed by atoms with E-state index in [1.54, 1.807) is 0 Å². The van der Waals surface area contributed by atoms with Crippen LogP contribution >= 0.6 is 19.8 Å². The van der Waals surface area contributed by atoms with Crippen molar-refractivity contribution in [2.75, 3.05) is 0 Å². The summed E-state index contributed by atoms with van der Waals surface area (Å²) in [5.74, 6) is 0. The van der Waals surface area contributed by atoms with Gasteiger partial charge in [-0.3, -0.25) is 7.57 Å². The highest BCUT2D eigenvalue weighted by atomic mass is 32.1. The summed E-state index contributed by atoms with van der Waals surface area (Å²) in [5.41, 5.74) is 0. The Bertz CT molecular complexity index is 689. The molecule has 3 rings (SSSR count). The Balaban J connectivity index is 2.29. The van der Waals surface area contributed by atoms with E-state index < -0.39 is 7.14 Å². The molecule has 0 aliphatic rings. The van der Waals surface area contributed by atoms with Crippen molar-refractivity contribution in [1.82, 2.24) is 0 Å². The highest BCUT2D eigenvalue weighted by Crippen LogP contribution is 2.51. The van der Waals surface area contributed by atoms with Gasteiger partial charge >= 0.3 is 0 Å². The van der Waals surface area contributed by atoms with Crippen molar-refractivity contribution in [3.63, 3.8) is 0 Å². The first-order chi connectivity index (χ1) is 10.2. The Morgan fingerprint density at radius 1 is 0.619 bits per heavy atom. The van der Waals surface area contributed by atoms with Gasteiger partial charge in [-0.05, 0) is 36.4 Å².